The van der Waals surface area contributed by atoms with Crippen molar-refractivity contribution in [1.29, 1.82) is 0 Å². The molecule has 0 saturated heterocycles. The second-order valence-electron chi connectivity index (χ2n) is 6.70. The van der Waals surface area contributed by atoms with Gasteiger partial charge in [0, 0.05) is 28.2 Å². The first-order chi connectivity index (χ1) is 7.71. The van der Waals surface area contributed by atoms with E-state index in [-0.39, 0.29) is 11.0 Å². The van der Waals surface area contributed by atoms with Crippen LogP contribution in [0.2, 0.25) is 0 Å². The maximum Gasteiger partial charge on any atom is 0.140 e. The predicted octanol–water partition coefficient (Wildman–Crippen LogP) is 4.09. The van der Waals surface area contributed by atoms with Crippen molar-refractivity contribution in [2.24, 2.45) is 0 Å². The zero-order valence-electron chi connectivity index (χ0n) is 11.7. The Labute approximate surface area is 104 Å². The first-order valence-electron chi connectivity index (χ1n) is 6.19. The third-order valence-electron chi connectivity index (χ3n) is 3.00. The Balaban J connectivity index is 2.84. The van der Waals surface area contributed by atoms with Gasteiger partial charge in [-0.2, -0.15) is 0 Å². The van der Waals surface area contributed by atoms with Crippen molar-refractivity contribution in [3.05, 3.63) is 30.1 Å². The Kier molecular flexibility index (Phi) is 2.57. The maximum absolute atomic E-state index is 4.54. The first kappa shape index (κ1) is 12.2. The molecular weight excluding hydrogens is 208 g/mol. The fourth-order valence-electron chi connectivity index (χ4n) is 2.27. The molecule has 0 unspecified atom stereocenters. The molecule has 0 aromatic carbocycles. The molecule has 0 radical (unpaired) electrons. The molecule has 0 N–H and O–H groups in total. The summed E-state index contributed by atoms with van der Waals surface area (Å²) in [6.07, 6.45) is 1.87. The van der Waals surface area contributed by atoms with Gasteiger partial charge in [0.2, 0.25) is 0 Å². The average Bonchev–Trinajstić information content (AvgIpc) is 2.54. The Morgan fingerprint density at radius 2 is 1.71 bits per heavy atom. The summed E-state index contributed by atoms with van der Waals surface area (Å²) in [5.41, 5.74) is 2.62. The van der Waals surface area contributed by atoms with Crippen LogP contribution in [0.4, 0.5) is 0 Å². The molecule has 2 heteroatoms. The van der Waals surface area contributed by atoms with E-state index in [1.165, 1.54) is 11.1 Å². The molecule has 0 spiro atoms. The Morgan fingerprint density at radius 3 is 2.24 bits per heavy atom. The monoisotopic (exact) mass is 230 g/mol. The lowest BCUT2D eigenvalue weighted by Crippen LogP contribution is -2.29. The van der Waals surface area contributed by atoms with E-state index >= 15 is 0 Å². The molecule has 0 amide bonds. The molecule has 2 nitrogen and oxygen atoms in total. The van der Waals surface area contributed by atoms with Crippen LogP contribution in [-0.2, 0) is 11.0 Å². The van der Waals surface area contributed by atoms with E-state index in [2.05, 4.69) is 63.2 Å². The van der Waals surface area contributed by atoms with Crippen molar-refractivity contribution >= 4 is 11.0 Å². The quantitative estimate of drug-likeness (QED) is 0.666. The summed E-state index contributed by atoms with van der Waals surface area (Å²) in [5, 5.41) is 1.23. The first-order valence-corrected chi connectivity index (χ1v) is 6.19. The second-order valence-corrected chi connectivity index (χ2v) is 6.70. The number of hydrogen-bond acceptors (Lipinski definition) is 1. The van der Waals surface area contributed by atoms with E-state index in [0.717, 1.165) is 5.65 Å². The lowest BCUT2D eigenvalue weighted by molar-refractivity contribution is 0.369. The Hall–Kier alpha value is -1.31. The van der Waals surface area contributed by atoms with Crippen LogP contribution in [0.1, 0.15) is 47.2 Å². The van der Waals surface area contributed by atoms with E-state index in [4.69, 9.17) is 0 Å². The molecule has 0 bridgehead atoms. The van der Waals surface area contributed by atoms with Crippen LogP contribution in [0.25, 0.3) is 11.0 Å². The van der Waals surface area contributed by atoms with Crippen LogP contribution in [0.5, 0.6) is 0 Å². The fraction of sp³-hybridized carbons (Fsp3) is 0.533. The molecule has 2 aromatic heterocycles. The van der Waals surface area contributed by atoms with Crippen LogP contribution >= 0.6 is 0 Å². The predicted molar refractivity (Wildman–Crippen MR) is 73.4 cm³/mol. The minimum Gasteiger partial charge on any atom is -0.324 e. The summed E-state index contributed by atoms with van der Waals surface area (Å²) in [6, 6.07) is 6.41. The third-order valence-corrected chi connectivity index (χ3v) is 3.00. The van der Waals surface area contributed by atoms with Gasteiger partial charge in [-0.05, 0) is 39.0 Å². The van der Waals surface area contributed by atoms with Crippen molar-refractivity contribution in [2.75, 3.05) is 0 Å². The largest absolute Gasteiger partial charge is 0.324 e. The molecule has 2 aromatic rings. The molecular formula is C15H22N2. The van der Waals surface area contributed by atoms with Gasteiger partial charge in [0.15, 0.2) is 0 Å². The fourth-order valence-corrected chi connectivity index (χ4v) is 2.27. The van der Waals surface area contributed by atoms with Crippen LogP contribution in [0.15, 0.2) is 24.4 Å². The van der Waals surface area contributed by atoms with Crippen LogP contribution in [0, 0.1) is 0 Å². The summed E-state index contributed by atoms with van der Waals surface area (Å²) < 4.78 is 2.36. The van der Waals surface area contributed by atoms with Crippen LogP contribution < -0.4 is 0 Å². The SMILES string of the molecule is CC(C)(C)c1cc2cccnc2n1C(C)(C)C. The molecule has 17 heavy (non-hydrogen) atoms. The lowest BCUT2D eigenvalue weighted by atomic mass is 9.91. The van der Waals surface area contributed by atoms with E-state index in [0.29, 0.717) is 0 Å². The number of rotatable bonds is 0. The number of nitrogens with zero attached hydrogens (tertiary/aromatic N) is 2. The van der Waals surface area contributed by atoms with Gasteiger partial charge in [0.05, 0.1) is 0 Å². The van der Waals surface area contributed by atoms with Gasteiger partial charge in [-0.25, -0.2) is 4.98 Å². The lowest BCUT2D eigenvalue weighted by Gasteiger charge is -2.30. The van der Waals surface area contributed by atoms with Crippen molar-refractivity contribution in [1.82, 2.24) is 9.55 Å². The van der Waals surface area contributed by atoms with Crippen molar-refractivity contribution in [2.45, 2.75) is 52.5 Å². The van der Waals surface area contributed by atoms with Gasteiger partial charge in [-0.3, -0.25) is 0 Å². The number of pyridine rings is 1. The van der Waals surface area contributed by atoms with Crippen molar-refractivity contribution < 1.29 is 0 Å². The summed E-state index contributed by atoms with van der Waals surface area (Å²) in [5.74, 6) is 0. The van der Waals surface area contributed by atoms with E-state index < -0.39 is 0 Å². The Morgan fingerprint density at radius 1 is 1.06 bits per heavy atom. The minimum atomic E-state index is 0.0543. The summed E-state index contributed by atoms with van der Waals surface area (Å²) in [4.78, 5) is 4.54. The van der Waals surface area contributed by atoms with E-state index in [9.17, 15) is 0 Å². The Bertz CT molecular complexity index is 536. The van der Waals surface area contributed by atoms with Gasteiger partial charge in [0.25, 0.3) is 0 Å². The highest BCUT2D eigenvalue weighted by Gasteiger charge is 2.27. The number of aromatic nitrogens is 2. The highest BCUT2D eigenvalue weighted by molar-refractivity contribution is 5.78. The molecule has 0 aliphatic carbocycles. The second kappa shape index (κ2) is 3.59. The van der Waals surface area contributed by atoms with Crippen molar-refractivity contribution in [3.8, 4) is 0 Å². The molecule has 2 rings (SSSR count). The third kappa shape index (κ3) is 2.08. The number of fused-ring (bicyclic) bond motifs is 1. The van der Waals surface area contributed by atoms with Gasteiger partial charge in [0.1, 0.15) is 5.65 Å². The normalized spacial score (nSPS) is 13.3. The van der Waals surface area contributed by atoms with E-state index in [1.807, 2.05) is 12.3 Å². The van der Waals surface area contributed by atoms with Gasteiger partial charge in [-0.15, -0.1) is 0 Å². The summed E-state index contributed by atoms with van der Waals surface area (Å²) in [7, 11) is 0. The van der Waals surface area contributed by atoms with Gasteiger partial charge < -0.3 is 4.57 Å². The van der Waals surface area contributed by atoms with Gasteiger partial charge >= 0.3 is 0 Å². The molecule has 0 fully saturated rings. The van der Waals surface area contributed by atoms with Gasteiger partial charge in [-0.1, -0.05) is 20.8 Å². The minimum absolute atomic E-state index is 0.0543. The van der Waals surface area contributed by atoms with Crippen molar-refractivity contribution in [3.63, 3.8) is 0 Å². The smallest absolute Gasteiger partial charge is 0.140 e. The average molecular weight is 230 g/mol. The molecule has 0 atom stereocenters. The maximum atomic E-state index is 4.54. The van der Waals surface area contributed by atoms with Crippen LogP contribution in [-0.4, -0.2) is 9.55 Å². The molecule has 2 heterocycles. The highest BCUT2D eigenvalue weighted by atomic mass is 15.1. The zero-order valence-corrected chi connectivity index (χ0v) is 11.7. The molecule has 0 aliphatic heterocycles. The molecule has 0 aliphatic rings. The standard InChI is InChI=1S/C15H22N2/c1-14(2,3)12-10-11-8-7-9-16-13(11)17(12)15(4,5)6/h7-10H,1-6H3. The molecule has 0 saturated carbocycles. The highest BCUT2D eigenvalue weighted by Crippen LogP contribution is 2.33. The zero-order chi connectivity index (χ0) is 12.8. The van der Waals surface area contributed by atoms with Crippen LogP contribution in [0.3, 0.4) is 0 Å². The summed E-state index contributed by atoms with van der Waals surface area (Å²) >= 11 is 0. The summed E-state index contributed by atoms with van der Waals surface area (Å²) in [6.45, 7) is 13.5. The molecule has 92 valence electrons. The topological polar surface area (TPSA) is 17.8 Å². The number of hydrogen-bond donors (Lipinski definition) is 0. The van der Waals surface area contributed by atoms with E-state index in [1.54, 1.807) is 0 Å².